The van der Waals surface area contributed by atoms with Crippen LogP contribution in [0.2, 0.25) is 0 Å². The number of rotatable bonds is 6. The maximum atomic E-state index is 10.7. The molecule has 0 saturated carbocycles. The summed E-state index contributed by atoms with van der Waals surface area (Å²) >= 11 is 1.21. The molecule has 0 saturated heterocycles. The first kappa shape index (κ1) is 10.4. The van der Waals surface area contributed by atoms with Crippen molar-refractivity contribution < 1.29 is 0 Å². The molecular weight excluding hydrogens is 186 g/mol. The van der Waals surface area contributed by atoms with Crippen molar-refractivity contribution in [1.29, 1.82) is 0 Å². The maximum Gasteiger partial charge on any atom is 0.304 e. The van der Waals surface area contributed by atoms with Crippen LogP contribution >= 0.6 is 11.3 Å². The first-order valence-electron chi connectivity index (χ1n) is 4.41. The highest BCUT2D eigenvalue weighted by molar-refractivity contribution is 7.07. The van der Waals surface area contributed by atoms with E-state index in [0.29, 0.717) is 0 Å². The van der Waals surface area contributed by atoms with Gasteiger partial charge in [0.05, 0.1) is 0 Å². The minimum absolute atomic E-state index is 0.0171. The lowest BCUT2D eigenvalue weighted by Crippen LogP contribution is -2.26. The van der Waals surface area contributed by atoms with E-state index in [1.807, 2.05) is 5.38 Å². The minimum Gasteiger partial charge on any atom is -0.316 e. The van der Waals surface area contributed by atoms with Crippen LogP contribution in [0.4, 0.5) is 0 Å². The van der Waals surface area contributed by atoms with Crippen molar-refractivity contribution in [3.05, 3.63) is 20.7 Å². The Kier molecular flexibility index (Phi) is 4.74. The number of H-pyrrole nitrogens is 1. The molecule has 1 heterocycles. The number of thiazole rings is 1. The van der Waals surface area contributed by atoms with E-state index in [1.165, 1.54) is 11.3 Å². The predicted molar refractivity (Wildman–Crippen MR) is 55.2 cm³/mol. The van der Waals surface area contributed by atoms with Crippen molar-refractivity contribution in [2.45, 2.75) is 13.5 Å². The topological polar surface area (TPSA) is 56.9 Å². The van der Waals surface area contributed by atoms with E-state index in [-0.39, 0.29) is 4.87 Å². The molecule has 1 aromatic rings. The van der Waals surface area contributed by atoms with Crippen LogP contribution in [0.15, 0.2) is 10.2 Å². The Morgan fingerprint density at radius 2 is 2.23 bits per heavy atom. The average molecular weight is 201 g/mol. The Balaban J connectivity index is 2.09. The lowest BCUT2D eigenvalue weighted by molar-refractivity contribution is 0.620. The van der Waals surface area contributed by atoms with Gasteiger partial charge in [0.2, 0.25) is 0 Å². The lowest BCUT2D eigenvalue weighted by atomic mass is 10.4. The van der Waals surface area contributed by atoms with Crippen LogP contribution in [0, 0.1) is 0 Å². The second kappa shape index (κ2) is 5.90. The average Bonchev–Trinajstić information content (AvgIpc) is 2.51. The summed E-state index contributed by atoms with van der Waals surface area (Å²) in [6, 6.07) is 0. The van der Waals surface area contributed by atoms with Crippen molar-refractivity contribution in [3.63, 3.8) is 0 Å². The molecular formula is C8H15N3OS. The Labute approximate surface area is 81.4 Å². The number of aromatic nitrogens is 1. The molecule has 5 heteroatoms. The van der Waals surface area contributed by atoms with E-state index in [4.69, 9.17) is 0 Å². The maximum absolute atomic E-state index is 10.7. The molecule has 0 unspecified atom stereocenters. The summed E-state index contributed by atoms with van der Waals surface area (Å²) in [6.07, 6.45) is 0. The second-order valence-electron chi connectivity index (χ2n) is 2.70. The van der Waals surface area contributed by atoms with Crippen molar-refractivity contribution in [2.75, 3.05) is 19.6 Å². The van der Waals surface area contributed by atoms with Gasteiger partial charge < -0.3 is 15.6 Å². The summed E-state index contributed by atoms with van der Waals surface area (Å²) in [5, 5.41) is 8.28. The summed E-state index contributed by atoms with van der Waals surface area (Å²) in [4.78, 5) is 13.5. The molecule has 0 atom stereocenters. The third-order valence-electron chi connectivity index (χ3n) is 1.61. The van der Waals surface area contributed by atoms with E-state index >= 15 is 0 Å². The molecule has 1 rings (SSSR count). The fourth-order valence-corrected chi connectivity index (χ4v) is 1.56. The second-order valence-corrected chi connectivity index (χ2v) is 3.55. The van der Waals surface area contributed by atoms with Gasteiger partial charge in [-0.05, 0) is 6.54 Å². The highest BCUT2D eigenvalue weighted by Gasteiger charge is 1.94. The molecule has 0 aliphatic heterocycles. The van der Waals surface area contributed by atoms with Gasteiger partial charge >= 0.3 is 4.87 Å². The van der Waals surface area contributed by atoms with Crippen LogP contribution in [-0.4, -0.2) is 24.6 Å². The zero-order valence-corrected chi connectivity index (χ0v) is 8.54. The van der Waals surface area contributed by atoms with Gasteiger partial charge in [0.15, 0.2) is 0 Å². The Hall–Kier alpha value is -0.650. The zero-order valence-electron chi connectivity index (χ0n) is 7.72. The fraction of sp³-hybridized carbons (Fsp3) is 0.625. The van der Waals surface area contributed by atoms with Crippen LogP contribution in [0.1, 0.15) is 12.6 Å². The van der Waals surface area contributed by atoms with Gasteiger partial charge in [-0.1, -0.05) is 18.3 Å². The number of likely N-dealkylation sites (N-methyl/N-ethyl adjacent to an activating group) is 1. The summed E-state index contributed by atoms with van der Waals surface area (Å²) in [7, 11) is 0. The molecule has 0 aromatic carbocycles. The highest BCUT2D eigenvalue weighted by Crippen LogP contribution is 1.93. The first-order chi connectivity index (χ1) is 6.33. The van der Waals surface area contributed by atoms with Crippen LogP contribution in [-0.2, 0) is 6.54 Å². The van der Waals surface area contributed by atoms with Crippen LogP contribution in [0.3, 0.4) is 0 Å². The number of nitrogens with one attached hydrogen (secondary N) is 3. The summed E-state index contributed by atoms with van der Waals surface area (Å²) in [5.41, 5.74) is 0.964. The molecule has 0 spiro atoms. The van der Waals surface area contributed by atoms with E-state index in [1.54, 1.807) is 0 Å². The third kappa shape index (κ3) is 4.21. The van der Waals surface area contributed by atoms with E-state index in [9.17, 15) is 4.79 Å². The molecule has 0 fully saturated rings. The van der Waals surface area contributed by atoms with Crippen molar-refractivity contribution in [1.82, 2.24) is 15.6 Å². The van der Waals surface area contributed by atoms with Gasteiger partial charge in [-0.3, -0.25) is 4.79 Å². The Morgan fingerprint density at radius 3 is 2.85 bits per heavy atom. The lowest BCUT2D eigenvalue weighted by Gasteiger charge is -2.02. The molecule has 0 radical (unpaired) electrons. The molecule has 0 aliphatic rings. The SMILES string of the molecule is CCNCCNCc1csc(=O)[nH]1. The van der Waals surface area contributed by atoms with E-state index in [0.717, 1.165) is 31.9 Å². The normalized spacial score (nSPS) is 10.5. The van der Waals surface area contributed by atoms with Gasteiger partial charge in [-0.2, -0.15) is 0 Å². The first-order valence-corrected chi connectivity index (χ1v) is 5.29. The van der Waals surface area contributed by atoms with Crippen molar-refractivity contribution in [3.8, 4) is 0 Å². The molecule has 13 heavy (non-hydrogen) atoms. The molecule has 1 aromatic heterocycles. The van der Waals surface area contributed by atoms with Crippen LogP contribution in [0.5, 0.6) is 0 Å². The monoisotopic (exact) mass is 201 g/mol. The van der Waals surface area contributed by atoms with Crippen molar-refractivity contribution in [2.24, 2.45) is 0 Å². The fourth-order valence-electron chi connectivity index (χ4n) is 0.977. The molecule has 0 aliphatic carbocycles. The van der Waals surface area contributed by atoms with Gasteiger partial charge in [-0.25, -0.2) is 0 Å². The summed E-state index contributed by atoms with van der Waals surface area (Å²) < 4.78 is 0. The largest absolute Gasteiger partial charge is 0.316 e. The quantitative estimate of drug-likeness (QED) is 0.574. The Morgan fingerprint density at radius 1 is 1.46 bits per heavy atom. The van der Waals surface area contributed by atoms with E-state index < -0.39 is 0 Å². The van der Waals surface area contributed by atoms with Gasteiger partial charge in [0.25, 0.3) is 0 Å². The van der Waals surface area contributed by atoms with Gasteiger partial charge in [-0.15, -0.1) is 0 Å². The highest BCUT2D eigenvalue weighted by atomic mass is 32.1. The molecule has 3 N–H and O–H groups in total. The van der Waals surface area contributed by atoms with Crippen molar-refractivity contribution >= 4 is 11.3 Å². The summed E-state index contributed by atoms with van der Waals surface area (Å²) in [6.45, 7) is 5.70. The number of hydrogen-bond acceptors (Lipinski definition) is 4. The van der Waals surface area contributed by atoms with Crippen LogP contribution in [0.25, 0.3) is 0 Å². The third-order valence-corrected chi connectivity index (χ3v) is 2.33. The summed E-state index contributed by atoms with van der Waals surface area (Å²) in [5.74, 6) is 0. The minimum atomic E-state index is 0.0171. The van der Waals surface area contributed by atoms with Gasteiger partial charge in [0.1, 0.15) is 0 Å². The van der Waals surface area contributed by atoms with Crippen LogP contribution < -0.4 is 15.5 Å². The smallest absolute Gasteiger partial charge is 0.304 e. The molecule has 74 valence electrons. The zero-order chi connectivity index (χ0) is 9.52. The molecule has 0 amide bonds. The Bertz CT molecular complexity index is 281. The van der Waals surface area contributed by atoms with E-state index in [2.05, 4.69) is 22.5 Å². The molecule has 0 bridgehead atoms. The molecule has 4 nitrogen and oxygen atoms in total. The predicted octanol–water partition coefficient (Wildman–Crippen LogP) is 0.135. The van der Waals surface area contributed by atoms with Gasteiger partial charge in [0, 0.05) is 30.7 Å². The number of aromatic amines is 1. The number of hydrogen-bond donors (Lipinski definition) is 3. The standard InChI is InChI=1S/C8H15N3OS/c1-2-9-3-4-10-5-7-6-13-8(12)11-7/h6,9-10H,2-5H2,1H3,(H,11,12).